The number of terminal acetylenes is 1. The van der Waals surface area contributed by atoms with Crippen LogP contribution in [0.15, 0.2) is 0 Å². The van der Waals surface area contributed by atoms with Crippen LogP contribution in [0.3, 0.4) is 0 Å². The lowest BCUT2D eigenvalue weighted by molar-refractivity contribution is -0.213. The van der Waals surface area contributed by atoms with E-state index in [0.717, 1.165) is 32.1 Å². The first-order valence-corrected chi connectivity index (χ1v) is 25.1. The predicted octanol–water partition coefficient (Wildman–Crippen LogP) is 4.62. The number of unbranched alkanes of at least 4 members (excludes halogenated alkanes) is 12. The Hall–Kier alpha value is -3.13. The SMILES string of the molecule is C#CC#CC#CC#CC#CNC(=O)CCC.CCCCCCCCCCCCCCCC(=O)O[C@H](COCO)COP(=O)(O)OC1C(O)[C@H](OP(=O)(O)O)C(O)C(OP(=O)(O)O)[C@@H]1O.[HH].[HH].[HH].[HH].[HH].[HH].[HH].[HH].[HH]. The average molecular weight is 988 g/mol. The van der Waals surface area contributed by atoms with Crippen LogP contribution in [0.4, 0.5) is 0 Å². The van der Waals surface area contributed by atoms with E-state index in [2.05, 4.69) is 74.7 Å². The molecule has 0 bridgehead atoms. The molecule has 21 nitrogen and oxygen atoms in total. The molecule has 0 heterocycles. The maximum absolute atomic E-state index is 12.7. The molecule has 10 N–H and O–H groups in total. The lowest BCUT2D eigenvalue weighted by Crippen LogP contribution is -2.65. The minimum Gasteiger partial charge on any atom is -0.457 e. The van der Waals surface area contributed by atoms with Crippen molar-refractivity contribution >= 4 is 35.3 Å². The fourth-order valence-corrected chi connectivity index (χ4v) is 7.77. The van der Waals surface area contributed by atoms with Gasteiger partial charge in [-0.3, -0.25) is 33.0 Å². The third-order valence-corrected chi connectivity index (χ3v) is 10.6. The van der Waals surface area contributed by atoms with E-state index in [1.807, 2.05) is 6.92 Å². The van der Waals surface area contributed by atoms with Crippen molar-refractivity contribution in [2.45, 2.75) is 159 Å². The molecule has 0 saturated heterocycles. The first kappa shape index (κ1) is 60.9. The molecular weight excluding hydrogens is 907 g/mol. The van der Waals surface area contributed by atoms with E-state index in [-0.39, 0.29) is 25.2 Å². The van der Waals surface area contributed by atoms with E-state index in [9.17, 15) is 43.5 Å². The number of nitrogens with one attached hydrogen (secondary N) is 1. The summed E-state index contributed by atoms with van der Waals surface area (Å²) in [5.74, 6) is 18.2. The zero-order valence-electron chi connectivity index (χ0n) is 35.9. The molecule has 24 heteroatoms. The van der Waals surface area contributed by atoms with Gasteiger partial charge in [-0.1, -0.05) is 90.9 Å². The fourth-order valence-electron chi connectivity index (χ4n) is 5.67. The fraction of sp³-hybridized carbons (Fsp3) is 0.700. The summed E-state index contributed by atoms with van der Waals surface area (Å²) in [7, 11) is -16.4. The number of esters is 1. The van der Waals surface area contributed by atoms with Crippen LogP contribution in [0.25, 0.3) is 0 Å². The maximum Gasteiger partial charge on any atom is 0.472 e. The number of aliphatic hydroxyl groups excluding tert-OH is 4. The van der Waals surface area contributed by atoms with Crippen molar-refractivity contribution in [1.82, 2.24) is 5.32 Å². The summed E-state index contributed by atoms with van der Waals surface area (Å²) in [6, 6.07) is 2.41. The van der Waals surface area contributed by atoms with Gasteiger partial charge in [-0.25, -0.2) is 13.7 Å². The number of hydrogen-bond acceptors (Lipinski definition) is 15. The molecule has 0 radical (unpaired) electrons. The van der Waals surface area contributed by atoms with Gasteiger partial charge in [-0.05, 0) is 36.5 Å². The van der Waals surface area contributed by atoms with Gasteiger partial charge in [0.15, 0.2) is 0 Å². The molecule has 0 aliphatic heterocycles. The number of phosphoric ester groups is 3. The number of hydrogen-bond donors (Lipinski definition) is 10. The van der Waals surface area contributed by atoms with Gasteiger partial charge >= 0.3 is 29.4 Å². The van der Waals surface area contributed by atoms with Crippen LogP contribution in [0, 0.1) is 59.8 Å². The van der Waals surface area contributed by atoms with Crippen LogP contribution in [0.5, 0.6) is 0 Å². The summed E-state index contributed by atoms with van der Waals surface area (Å²) >= 11 is 0. The van der Waals surface area contributed by atoms with Gasteiger partial charge in [-0.2, -0.15) is 0 Å². The molecule has 1 amide bonds. The zero-order valence-corrected chi connectivity index (χ0v) is 38.6. The lowest BCUT2D eigenvalue weighted by atomic mass is 9.85. The van der Waals surface area contributed by atoms with E-state index >= 15 is 0 Å². The van der Waals surface area contributed by atoms with Crippen molar-refractivity contribution in [2.24, 2.45) is 0 Å². The van der Waals surface area contributed by atoms with Gasteiger partial charge in [0.2, 0.25) is 5.91 Å². The van der Waals surface area contributed by atoms with E-state index in [4.69, 9.17) is 49.6 Å². The summed E-state index contributed by atoms with van der Waals surface area (Å²) in [6.45, 7) is 1.94. The summed E-state index contributed by atoms with van der Waals surface area (Å²) < 4.78 is 63.4. The molecule has 1 fully saturated rings. The Bertz CT molecular complexity index is 1820. The Labute approximate surface area is 388 Å². The molecule has 5 unspecified atom stereocenters. The quantitative estimate of drug-likeness (QED) is 0.0122. The molecule has 0 aromatic heterocycles. The second kappa shape index (κ2) is 35.1. The summed E-state index contributed by atoms with van der Waals surface area (Å²) in [4.78, 5) is 70.0. The Morgan fingerprint density at radius 3 is 1.50 bits per heavy atom. The second-order valence-corrected chi connectivity index (χ2v) is 17.8. The number of aliphatic hydroxyl groups is 4. The van der Waals surface area contributed by atoms with Crippen LogP contribution in [0.2, 0.25) is 0 Å². The Balaban J connectivity index is -0.000000172. The molecule has 1 saturated carbocycles. The van der Waals surface area contributed by atoms with Crippen molar-refractivity contribution in [1.29, 1.82) is 0 Å². The molecule has 380 valence electrons. The molecular formula is C40H80NO20P3. The third kappa shape index (κ3) is 31.7. The minimum absolute atomic E-state index is 0. The average Bonchev–Trinajstić information content (AvgIpc) is 3.21. The first-order chi connectivity index (χ1) is 30.2. The Morgan fingerprint density at radius 1 is 0.625 bits per heavy atom. The third-order valence-electron chi connectivity index (χ3n) is 8.58. The van der Waals surface area contributed by atoms with Crippen LogP contribution in [-0.4, -0.2) is 120 Å². The van der Waals surface area contributed by atoms with E-state index in [1.54, 1.807) is 0 Å². The van der Waals surface area contributed by atoms with Gasteiger partial charge in [0.05, 0.1) is 13.2 Å². The van der Waals surface area contributed by atoms with Crippen LogP contribution in [-0.2, 0) is 50.9 Å². The smallest absolute Gasteiger partial charge is 0.457 e. The van der Waals surface area contributed by atoms with Crippen molar-refractivity contribution in [3.8, 4) is 59.8 Å². The van der Waals surface area contributed by atoms with E-state index < -0.39 is 92.2 Å². The monoisotopic (exact) mass is 987 g/mol. The summed E-state index contributed by atoms with van der Waals surface area (Å²) in [5.41, 5.74) is 0. The largest absolute Gasteiger partial charge is 0.472 e. The Morgan fingerprint density at radius 2 is 1.06 bits per heavy atom. The second-order valence-electron chi connectivity index (χ2n) is 14.0. The van der Waals surface area contributed by atoms with Gasteiger partial charge < -0.3 is 54.4 Å². The highest BCUT2D eigenvalue weighted by Gasteiger charge is 2.56. The van der Waals surface area contributed by atoms with Crippen molar-refractivity contribution < 1.29 is 109 Å². The van der Waals surface area contributed by atoms with Crippen molar-refractivity contribution in [2.75, 3.05) is 20.0 Å². The van der Waals surface area contributed by atoms with Gasteiger partial charge in [0.1, 0.15) is 49.5 Å². The first-order valence-electron chi connectivity index (χ1n) is 20.5. The number of carbonyl (C=O) groups is 2. The van der Waals surface area contributed by atoms with Gasteiger partial charge in [0, 0.05) is 55.4 Å². The van der Waals surface area contributed by atoms with Crippen LogP contribution < -0.4 is 5.32 Å². The minimum atomic E-state index is -5.51. The van der Waals surface area contributed by atoms with Gasteiger partial charge in [0.25, 0.3) is 0 Å². The number of rotatable bonds is 29. The number of carbonyl (C=O) groups excluding carboxylic acids is 2. The summed E-state index contributed by atoms with van der Waals surface area (Å²) in [6.07, 6.45) is 4.38. The lowest BCUT2D eigenvalue weighted by Gasteiger charge is -2.44. The zero-order chi connectivity index (χ0) is 48.4. The normalized spacial score (nSPS) is 20.5. The molecule has 64 heavy (non-hydrogen) atoms. The van der Waals surface area contributed by atoms with Crippen LogP contribution in [0.1, 0.15) is 129 Å². The highest BCUT2D eigenvalue weighted by Crippen LogP contribution is 2.51. The van der Waals surface area contributed by atoms with Crippen molar-refractivity contribution in [3.63, 3.8) is 0 Å². The van der Waals surface area contributed by atoms with Gasteiger partial charge in [-0.15, -0.1) is 6.42 Å². The predicted molar refractivity (Wildman–Crippen MR) is 248 cm³/mol. The number of amides is 1. The van der Waals surface area contributed by atoms with E-state index in [1.165, 1.54) is 51.4 Å². The Kier molecular flexibility index (Phi) is 33.4. The molecule has 0 spiro atoms. The molecule has 0 aromatic rings. The molecule has 1 rings (SSSR count). The molecule has 8 atom stereocenters. The molecule has 0 aromatic carbocycles. The van der Waals surface area contributed by atoms with Crippen molar-refractivity contribution in [3.05, 3.63) is 0 Å². The standard InChI is InChI=1S/C26H53O19P3.C14H9NO.9H2/c1-2-3-4-5-6-7-8-9-10-11-12-13-14-15-20(28)42-19(16-40-18-27)17-41-48(38,39)45-26-22(30)24(43-46(32,33)34)21(29)25(23(26)31)44-47(35,36)37;1-3-5-6-7-8-9-10-11-13-15-14(16)12-4-2;;;;;;;;;/h19,21-27,29-31H,2-18H2,1H3,(H,38,39)(H2,32,33,34)(H2,35,36,37);1H,4,12H2,2H3,(H,15,16);9*1H/t19-,21?,22+,23?,24?,25-,26?;;;;;;;;;;/m1........../s1. The molecule has 1 aliphatic carbocycles. The highest BCUT2D eigenvalue weighted by molar-refractivity contribution is 7.47. The van der Waals surface area contributed by atoms with Crippen LogP contribution >= 0.6 is 23.5 Å². The summed E-state index contributed by atoms with van der Waals surface area (Å²) in [5, 5.41) is 42.6. The maximum atomic E-state index is 12.7. The van der Waals surface area contributed by atoms with E-state index in [0.29, 0.717) is 12.8 Å². The number of ether oxygens (including phenoxy) is 2. The highest BCUT2D eigenvalue weighted by atomic mass is 31.2. The molecule has 1 aliphatic rings. The topological polar surface area (TPSA) is 335 Å². The number of phosphoric acid groups is 3.